The summed E-state index contributed by atoms with van der Waals surface area (Å²) < 4.78 is 0.717. The molecule has 0 saturated carbocycles. The minimum absolute atomic E-state index is 0.319. The monoisotopic (exact) mass is 348 g/mol. The lowest BCUT2D eigenvalue weighted by molar-refractivity contribution is -0.122. The van der Waals surface area contributed by atoms with E-state index >= 15 is 0 Å². The molecule has 18 heavy (non-hydrogen) atoms. The molecule has 1 rings (SSSR count). The van der Waals surface area contributed by atoms with Gasteiger partial charge in [-0.05, 0) is 25.5 Å². The largest absolute Gasteiger partial charge is 0.322 e. The Morgan fingerprint density at radius 3 is 2.39 bits per heavy atom. The molecule has 0 bridgehead atoms. The topological polar surface area (TPSA) is 52.9 Å². The van der Waals surface area contributed by atoms with Gasteiger partial charge in [0.15, 0.2) is 0 Å². The predicted octanol–water partition coefficient (Wildman–Crippen LogP) is 4.63. The second kappa shape index (κ2) is 5.92. The molecule has 0 aliphatic carbocycles. The molecule has 0 radical (unpaired) electrons. The fraction of sp³-hybridized carbons (Fsp3) is 0.333. The van der Waals surface area contributed by atoms with E-state index in [4.69, 9.17) is 28.5 Å². The molecule has 0 heterocycles. The number of nitrogens with one attached hydrogen (secondary N) is 1. The molecule has 96 valence electrons. The number of carbonyl (C=O) groups excluding carboxylic acids is 1. The normalized spacial score (nSPS) is 13.6. The fourth-order valence-corrected chi connectivity index (χ4v) is 2.51. The molecule has 1 aromatic carbocycles. The standard InChI is InChI=1S/C12H11BrCl2N2O/c1-3-12(2,6-16)11(18)17-10-8(14)4-7(13)5-9(10)15/h4-5H,3H2,1-2H3,(H,17,18). The Morgan fingerprint density at radius 2 is 2.00 bits per heavy atom. The summed E-state index contributed by atoms with van der Waals surface area (Å²) in [6, 6.07) is 5.24. The van der Waals surface area contributed by atoms with Crippen LogP contribution in [-0.4, -0.2) is 5.91 Å². The van der Waals surface area contributed by atoms with Crippen LogP contribution in [0.2, 0.25) is 10.0 Å². The maximum Gasteiger partial charge on any atom is 0.244 e. The summed E-state index contributed by atoms with van der Waals surface area (Å²) in [6.07, 6.45) is 0.404. The van der Waals surface area contributed by atoms with Crippen LogP contribution >= 0.6 is 39.1 Å². The SMILES string of the molecule is CCC(C)(C#N)C(=O)Nc1c(Cl)cc(Br)cc1Cl. The lowest BCUT2D eigenvalue weighted by Gasteiger charge is -2.19. The number of hydrogen-bond acceptors (Lipinski definition) is 2. The molecule has 6 heteroatoms. The number of anilines is 1. The molecule has 1 aromatic rings. The number of benzene rings is 1. The number of nitriles is 1. The lowest BCUT2D eigenvalue weighted by Crippen LogP contribution is -2.31. The van der Waals surface area contributed by atoms with E-state index in [0.717, 1.165) is 0 Å². The van der Waals surface area contributed by atoms with Crippen molar-refractivity contribution < 1.29 is 4.79 Å². The highest BCUT2D eigenvalue weighted by atomic mass is 79.9. The van der Waals surface area contributed by atoms with Gasteiger partial charge in [-0.2, -0.15) is 5.26 Å². The van der Waals surface area contributed by atoms with Crippen LogP contribution in [0.25, 0.3) is 0 Å². The zero-order chi connectivity index (χ0) is 13.9. The molecule has 3 nitrogen and oxygen atoms in total. The van der Waals surface area contributed by atoms with E-state index in [2.05, 4.69) is 21.2 Å². The van der Waals surface area contributed by atoms with Crippen LogP contribution in [0.1, 0.15) is 20.3 Å². The Kier molecular flexibility index (Phi) is 5.03. The molecule has 0 aliphatic rings. The van der Waals surface area contributed by atoms with Gasteiger partial charge in [-0.3, -0.25) is 4.79 Å². The fourth-order valence-electron chi connectivity index (χ4n) is 1.20. The first kappa shape index (κ1) is 15.3. The number of halogens is 3. The Hall–Kier alpha value is -0.760. The summed E-state index contributed by atoms with van der Waals surface area (Å²) in [6.45, 7) is 3.34. The molecule has 0 spiro atoms. The molecule has 1 unspecified atom stereocenters. The van der Waals surface area contributed by atoms with Gasteiger partial charge in [0.1, 0.15) is 5.41 Å². The van der Waals surface area contributed by atoms with Crippen LogP contribution in [0.3, 0.4) is 0 Å². The third-order valence-corrected chi connectivity index (χ3v) is 3.75. The van der Waals surface area contributed by atoms with Crippen molar-refractivity contribution in [1.29, 1.82) is 5.26 Å². The average molecular weight is 350 g/mol. The summed E-state index contributed by atoms with van der Waals surface area (Å²) in [7, 11) is 0. The second-order valence-corrected chi connectivity index (χ2v) is 5.73. The summed E-state index contributed by atoms with van der Waals surface area (Å²) in [4.78, 5) is 12.0. The van der Waals surface area contributed by atoms with Crippen LogP contribution in [0.15, 0.2) is 16.6 Å². The summed E-state index contributed by atoms with van der Waals surface area (Å²) >= 11 is 15.3. The number of carbonyl (C=O) groups is 1. The van der Waals surface area contributed by atoms with E-state index in [1.807, 2.05) is 6.07 Å². The highest BCUT2D eigenvalue weighted by molar-refractivity contribution is 9.10. The molecular weight excluding hydrogens is 339 g/mol. The van der Waals surface area contributed by atoms with Gasteiger partial charge in [0.2, 0.25) is 5.91 Å². The molecule has 1 amide bonds. The number of rotatable bonds is 3. The van der Waals surface area contributed by atoms with Crippen LogP contribution in [0.5, 0.6) is 0 Å². The van der Waals surface area contributed by atoms with Gasteiger partial charge in [-0.15, -0.1) is 0 Å². The van der Waals surface area contributed by atoms with Crippen molar-refractivity contribution in [2.24, 2.45) is 5.41 Å². The molecule has 1 atom stereocenters. The Labute approximate surface area is 124 Å². The van der Waals surface area contributed by atoms with Crippen LogP contribution in [0.4, 0.5) is 5.69 Å². The average Bonchev–Trinajstić information content (AvgIpc) is 2.32. The van der Waals surface area contributed by atoms with Crippen molar-refractivity contribution >= 4 is 50.7 Å². The quantitative estimate of drug-likeness (QED) is 0.864. The lowest BCUT2D eigenvalue weighted by atomic mass is 9.88. The molecule has 0 saturated heterocycles. The van der Waals surface area contributed by atoms with E-state index in [9.17, 15) is 4.79 Å². The molecule has 0 fully saturated rings. The van der Waals surface area contributed by atoms with Crippen molar-refractivity contribution in [3.05, 3.63) is 26.7 Å². The molecule has 0 aromatic heterocycles. The summed E-state index contributed by atoms with van der Waals surface area (Å²) in [5.74, 6) is -0.418. The van der Waals surface area contributed by atoms with Crippen molar-refractivity contribution in [3.63, 3.8) is 0 Å². The third kappa shape index (κ3) is 3.17. The Balaban J connectivity index is 3.07. The number of amides is 1. The first-order valence-electron chi connectivity index (χ1n) is 5.21. The molecule has 1 N–H and O–H groups in total. The van der Waals surface area contributed by atoms with Crippen molar-refractivity contribution in [2.45, 2.75) is 20.3 Å². The zero-order valence-corrected chi connectivity index (χ0v) is 12.9. The second-order valence-electron chi connectivity index (χ2n) is 4.00. The Morgan fingerprint density at radius 1 is 1.50 bits per heavy atom. The van der Waals surface area contributed by atoms with Crippen LogP contribution in [0, 0.1) is 16.7 Å². The maximum atomic E-state index is 12.0. The predicted molar refractivity (Wildman–Crippen MR) is 76.8 cm³/mol. The van der Waals surface area contributed by atoms with Crippen molar-refractivity contribution in [3.8, 4) is 6.07 Å². The Bertz CT molecular complexity index is 504. The van der Waals surface area contributed by atoms with Crippen molar-refractivity contribution in [1.82, 2.24) is 0 Å². The summed E-state index contributed by atoms with van der Waals surface area (Å²) in [5.41, 5.74) is -0.777. The van der Waals surface area contributed by atoms with Gasteiger partial charge in [0.05, 0.1) is 21.8 Å². The van der Waals surface area contributed by atoms with E-state index in [1.165, 1.54) is 0 Å². The number of nitrogens with zero attached hydrogens (tertiary/aromatic N) is 1. The smallest absolute Gasteiger partial charge is 0.244 e. The first-order valence-corrected chi connectivity index (χ1v) is 6.76. The van der Waals surface area contributed by atoms with Gasteiger partial charge in [-0.25, -0.2) is 0 Å². The van der Waals surface area contributed by atoms with E-state index in [0.29, 0.717) is 26.6 Å². The van der Waals surface area contributed by atoms with E-state index in [1.54, 1.807) is 26.0 Å². The van der Waals surface area contributed by atoms with Gasteiger partial charge >= 0.3 is 0 Å². The molecule has 0 aliphatic heterocycles. The van der Waals surface area contributed by atoms with Gasteiger partial charge in [0, 0.05) is 4.47 Å². The van der Waals surface area contributed by atoms with Gasteiger partial charge < -0.3 is 5.32 Å². The van der Waals surface area contributed by atoms with Crippen LogP contribution < -0.4 is 5.32 Å². The highest BCUT2D eigenvalue weighted by Crippen LogP contribution is 2.35. The van der Waals surface area contributed by atoms with Gasteiger partial charge in [-0.1, -0.05) is 46.1 Å². The molecular formula is C12H11BrCl2N2O. The number of hydrogen-bond donors (Lipinski definition) is 1. The first-order chi connectivity index (χ1) is 8.34. The van der Waals surface area contributed by atoms with Gasteiger partial charge in [0.25, 0.3) is 0 Å². The third-order valence-electron chi connectivity index (χ3n) is 2.70. The minimum atomic E-state index is -1.10. The van der Waals surface area contributed by atoms with E-state index in [-0.39, 0.29) is 0 Å². The summed E-state index contributed by atoms with van der Waals surface area (Å²) in [5, 5.41) is 12.3. The minimum Gasteiger partial charge on any atom is -0.322 e. The van der Waals surface area contributed by atoms with Crippen molar-refractivity contribution in [2.75, 3.05) is 5.32 Å². The van der Waals surface area contributed by atoms with Crippen LogP contribution in [-0.2, 0) is 4.79 Å². The highest BCUT2D eigenvalue weighted by Gasteiger charge is 2.32. The van der Waals surface area contributed by atoms with E-state index < -0.39 is 11.3 Å². The zero-order valence-electron chi connectivity index (χ0n) is 9.85. The maximum absolute atomic E-state index is 12.0.